The number of imide groups is 1. The molecule has 1 aliphatic heterocycles. The van der Waals surface area contributed by atoms with Gasteiger partial charge in [0.2, 0.25) is 0 Å². The van der Waals surface area contributed by atoms with Crippen LogP contribution in [0.5, 0.6) is 23.0 Å². The number of Topliss-reactive ketones (excluding diaryl/α,β-unsaturated/α-hetero) is 1. The van der Waals surface area contributed by atoms with Crippen LogP contribution in [0.15, 0.2) is 274 Å². The number of carbonyl (C=O) groups is 6. The number of nitrogens with one attached hydrogen (secondary N) is 6. The fraction of sp³-hybridized carbons (Fsp3) is 0.194. The van der Waals surface area contributed by atoms with Crippen LogP contribution in [0.3, 0.4) is 0 Å². The van der Waals surface area contributed by atoms with Crippen molar-refractivity contribution >= 4 is 150 Å². The number of carbonyl (C=O) groups excluding carboxylic acids is 6. The molecule has 6 aliphatic carbocycles. The van der Waals surface area contributed by atoms with E-state index in [0.717, 1.165) is 227 Å². The Morgan fingerprint density at radius 2 is 0.833 bits per heavy atom. The number of aromatic nitrogens is 11. The lowest BCUT2D eigenvalue weighted by Crippen LogP contribution is -2.43. The second kappa shape index (κ2) is 39.6. The molecule has 2 unspecified atom stereocenters. The number of benzene rings is 11. The number of pyridine rings is 5. The third kappa shape index (κ3) is 17.3. The second-order valence-electron chi connectivity index (χ2n) is 39.4. The summed E-state index contributed by atoms with van der Waals surface area (Å²) in [6.07, 6.45) is 32.6. The first-order valence-corrected chi connectivity index (χ1v) is 51.1. The number of allylic oxidation sites excluding steroid dienone is 4. The van der Waals surface area contributed by atoms with Gasteiger partial charge in [0.1, 0.15) is 40.7 Å². The first-order valence-electron chi connectivity index (χ1n) is 51.1. The summed E-state index contributed by atoms with van der Waals surface area (Å²) in [5.74, 6) is -1.05. The van der Waals surface area contributed by atoms with Crippen LogP contribution in [0.2, 0.25) is 0 Å². The summed E-state index contributed by atoms with van der Waals surface area (Å²) in [5, 5.41) is 61.9. The minimum Gasteiger partial charge on any atom is -0.508 e. The van der Waals surface area contributed by atoms with Crippen molar-refractivity contribution in [1.82, 2.24) is 65.3 Å². The lowest BCUT2D eigenvalue weighted by atomic mass is 9.82. The summed E-state index contributed by atoms with van der Waals surface area (Å²) >= 11 is 0. The molecule has 10 N–H and O–H groups in total. The number of H-pyrrole nitrogens is 5. The van der Waals surface area contributed by atoms with Gasteiger partial charge in [0, 0.05) is 147 Å². The number of hydrogen-bond acceptors (Lipinski definition) is 19. The standard InChI is InChI=1S/C29H21N3O3.C29H25N3O3.C23H20N2O3.C22H19N3O3.C21H18N2O/c33-18-8-5-16(6-9-18)27-23-15-17(32-28(34)20-3-1-2-4-21(20)29(32)35)7-10-19(23)26-22-13-14-30-24(22)11-12-25(26)31-27;33-21-9-6-19(7-10-21)28-24-16-20(31-29(34)35-17-18-4-2-1-3-5-18)8-11-22(24)27-23-14-15-30-25(23)12-13-26(27)32-28;1-28-23(27)17-12-13(6-9-20(17)26)22-15-5-3-2-4-14(15)21-16-10-11-24-18(16)7-8-19(21)25-22;1-28-22(27)15-10-12(6-9-19(15)26)21-14-5-3-2-4-13(14)20-16-11-23-25-17(16)7-8-18(20)24-21;24-19-8-4-3-7-16(19)21-14-6-2-1-5-13(14)20-15-11-12-22-17(15)9-10-18(20)23-21/h1-6,8-9,11-14,17,31,33H,7,10,15H2;1-7,9-10,12-15,20,32-33H,8,11,16-17H2,(H,31,34);6-12,25-26H,2-5H2,1H3;6-11,26H,2-5H2,1H3,(H,23,25);3-4,7,9-12,23H,1-2,5-6,8H2. The fourth-order valence-electron chi connectivity index (χ4n) is 23.7. The Morgan fingerprint density at radius 3 is 1.35 bits per heavy atom. The van der Waals surface area contributed by atoms with Crippen LogP contribution in [0.25, 0.3) is 160 Å². The monoisotopic (exact) mass is 1980 g/mol. The number of ether oxygens (including phenoxy) is 3. The van der Waals surface area contributed by atoms with Gasteiger partial charge in [-0.2, -0.15) is 5.10 Å². The number of aromatic amines is 5. The number of ketones is 1. The highest BCUT2D eigenvalue weighted by Crippen LogP contribution is 2.48. The molecule has 0 fully saturated rings. The molecule has 11 aromatic carbocycles. The first-order chi connectivity index (χ1) is 73.4. The Bertz CT molecular complexity index is 8940. The number of methoxy groups -OCH3 is 2. The largest absolute Gasteiger partial charge is 0.508 e. The van der Waals surface area contributed by atoms with Gasteiger partial charge < -0.3 is 59.9 Å². The molecule has 0 spiro atoms. The van der Waals surface area contributed by atoms with Crippen molar-refractivity contribution < 1.29 is 63.4 Å². The SMILES string of the molecule is COC(=O)c1cc(-c2[nH]c3ccc4nccc4c3c3c2CCCC3)ccc1O.COC(=O)c1cc(-c2nc3ccc4[nH]ncc4c3c3c2CCCC3)ccc1O.O=C(NC1CCc2c(c(-c3ccc(O)cc3)[nH]c3ccc4nccc4c23)C1)OCc1ccccc1.O=C1CC=CC=C1c1[nH]c2ccc3nccc3c2c2c1CCCC2.O=C1c2ccccc2C(=O)N1C1CCc2c(c(-c3ccc(O)cc3)[nH]c3ccc4nccc4c23)C1. The fourth-order valence-corrected chi connectivity index (χ4v) is 23.7. The van der Waals surface area contributed by atoms with Crippen molar-refractivity contribution in [2.75, 3.05) is 14.2 Å². The summed E-state index contributed by atoms with van der Waals surface area (Å²) in [5.41, 5.74) is 34.4. The lowest BCUT2D eigenvalue weighted by molar-refractivity contribution is -0.113. The minimum atomic E-state index is -0.561. The van der Waals surface area contributed by atoms with Gasteiger partial charge in [0.05, 0.1) is 76.0 Å². The third-order valence-corrected chi connectivity index (χ3v) is 30.8. The average Bonchev–Trinajstić information content (AvgIpc) is 1.65. The highest BCUT2D eigenvalue weighted by Gasteiger charge is 2.42. The Kier molecular flexibility index (Phi) is 24.9. The third-order valence-electron chi connectivity index (χ3n) is 30.8. The van der Waals surface area contributed by atoms with E-state index in [2.05, 4.69) is 104 Å². The summed E-state index contributed by atoms with van der Waals surface area (Å²) in [7, 11) is 2.62. The predicted molar refractivity (Wildman–Crippen MR) is 582 cm³/mol. The highest BCUT2D eigenvalue weighted by molar-refractivity contribution is 6.24. The van der Waals surface area contributed by atoms with E-state index in [1.54, 1.807) is 72.8 Å². The van der Waals surface area contributed by atoms with Crippen LogP contribution in [-0.2, 0) is 89.8 Å². The van der Waals surface area contributed by atoms with Gasteiger partial charge in [-0.3, -0.25) is 44.3 Å². The number of hydrogen-bond donors (Lipinski definition) is 10. The number of phenolic OH excluding ortho intramolecular Hbond substituents is 4. The van der Waals surface area contributed by atoms with Gasteiger partial charge in [0.25, 0.3) is 11.8 Å². The van der Waals surface area contributed by atoms with Crippen LogP contribution in [0, 0.1) is 0 Å². The van der Waals surface area contributed by atoms with E-state index in [9.17, 15) is 49.2 Å². The van der Waals surface area contributed by atoms with Crippen molar-refractivity contribution in [1.29, 1.82) is 0 Å². The molecule has 150 heavy (non-hydrogen) atoms. The quantitative estimate of drug-likeness (QED) is 0.0327. The van der Waals surface area contributed by atoms with Gasteiger partial charge in [-0.15, -0.1) is 0 Å². The van der Waals surface area contributed by atoms with Crippen LogP contribution < -0.4 is 5.32 Å². The maximum atomic E-state index is 13.2. The molecule has 21 aromatic rings. The lowest BCUT2D eigenvalue weighted by Gasteiger charge is -2.33. The van der Waals surface area contributed by atoms with Crippen molar-refractivity contribution in [3.8, 4) is 68.0 Å². The molecule has 2 atom stereocenters. The van der Waals surface area contributed by atoms with Crippen molar-refractivity contribution in [2.24, 2.45) is 0 Å². The van der Waals surface area contributed by atoms with Gasteiger partial charge >= 0.3 is 18.0 Å². The second-order valence-corrected chi connectivity index (χ2v) is 39.4. The van der Waals surface area contributed by atoms with Crippen molar-refractivity contribution in [3.63, 3.8) is 0 Å². The number of nitrogens with zero attached hydrogens (tertiary/aromatic N) is 7. The molecule has 0 bridgehead atoms. The van der Waals surface area contributed by atoms with E-state index in [1.807, 2.05) is 146 Å². The van der Waals surface area contributed by atoms with E-state index in [4.69, 9.17) is 19.2 Å². The summed E-state index contributed by atoms with van der Waals surface area (Å²) in [6, 6.07) is 69.7. The molecule has 0 saturated carbocycles. The van der Waals surface area contributed by atoms with E-state index >= 15 is 0 Å². The number of rotatable bonds is 11. The van der Waals surface area contributed by atoms with Crippen LogP contribution in [-0.4, -0.2) is 142 Å². The number of aryl methyl sites for hydroxylation is 5. The molecule has 742 valence electrons. The topological polar surface area (TPSA) is 383 Å². The Labute approximate surface area is 859 Å². The highest BCUT2D eigenvalue weighted by atomic mass is 16.5. The molecule has 26 nitrogen and oxygen atoms in total. The maximum absolute atomic E-state index is 13.2. The van der Waals surface area contributed by atoms with Gasteiger partial charge in [-0.1, -0.05) is 54.6 Å². The van der Waals surface area contributed by atoms with Crippen molar-refractivity contribution in [3.05, 3.63) is 363 Å². The molecule has 28 rings (SSSR count). The molecule has 0 saturated heterocycles. The van der Waals surface area contributed by atoms with E-state index < -0.39 is 18.0 Å². The van der Waals surface area contributed by atoms with E-state index in [-0.39, 0.29) is 70.4 Å². The smallest absolute Gasteiger partial charge is 0.407 e. The molecule has 0 radical (unpaired) electrons. The zero-order chi connectivity index (χ0) is 102. The number of fused-ring (bicyclic) bond motifs is 26. The Hall–Kier alpha value is -18.2. The molecule has 10 aromatic heterocycles. The normalized spacial score (nSPS) is 15.4. The summed E-state index contributed by atoms with van der Waals surface area (Å²) in [4.78, 5) is 114. The van der Waals surface area contributed by atoms with Crippen LogP contribution in [0.4, 0.5) is 4.79 Å². The molecule has 11 heterocycles. The first kappa shape index (κ1) is 94.1. The number of amides is 3. The van der Waals surface area contributed by atoms with Crippen LogP contribution >= 0.6 is 0 Å². The van der Waals surface area contributed by atoms with Crippen LogP contribution in [0.1, 0.15) is 166 Å². The molecule has 3 amide bonds. The summed E-state index contributed by atoms with van der Waals surface area (Å²) < 4.78 is 15.1. The van der Waals surface area contributed by atoms with Crippen molar-refractivity contribution in [2.45, 2.75) is 141 Å². The number of aromatic hydroxyl groups is 4. The zero-order valence-corrected chi connectivity index (χ0v) is 82.4. The molecular formula is C124H103N13O13. The predicted octanol–water partition coefficient (Wildman–Crippen LogP) is 24.5. The molecule has 7 aliphatic rings. The van der Waals surface area contributed by atoms with E-state index in [0.29, 0.717) is 36.8 Å². The molecular weight excluding hydrogens is 1880 g/mol. The van der Waals surface area contributed by atoms with Gasteiger partial charge in [-0.05, 0) is 382 Å². The summed E-state index contributed by atoms with van der Waals surface area (Å²) in [6.45, 7) is 0.245. The average molecular weight is 1980 g/mol. The van der Waals surface area contributed by atoms with E-state index in [1.165, 1.54) is 121 Å². The number of esters is 2. The number of phenols is 4. The van der Waals surface area contributed by atoms with Gasteiger partial charge in [-0.25, -0.2) is 19.4 Å². The zero-order valence-electron chi connectivity index (χ0n) is 82.4. The Morgan fingerprint density at radius 1 is 0.407 bits per heavy atom. The molecule has 26 heteroatoms. The maximum Gasteiger partial charge on any atom is 0.407 e. The van der Waals surface area contributed by atoms with Gasteiger partial charge in [0.15, 0.2) is 5.78 Å². The number of alkyl carbamates (subject to hydrolysis) is 1. The minimum absolute atomic E-state index is 0.0375. The Balaban J connectivity index is 0.000000100.